The molecule has 1 saturated heterocycles. The zero-order chi connectivity index (χ0) is 14.3. The highest BCUT2D eigenvalue weighted by Gasteiger charge is 2.61. The second-order valence-corrected chi connectivity index (χ2v) is 12.4. The van der Waals surface area contributed by atoms with Gasteiger partial charge in [-0.3, -0.25) is 0 Å². The lowest BCUT2D eigenvalue weighted by Gasteiger charge is -2.54. The molecule has 2 heterocycles. The van der Waals surface area contributed by atoms with Crippen LogP contribution in [-0.2, 0) is 13.6 Å². The number of ether oxygens (including phenoxy) is 1. The summed E-state index contributed by atoms with van der Waals surface area (Å²) in [6.45, 7) is 14.9. The van der Waals surface area contributed by atoms with E-state index in [0.717, 1.165) is 13.0 Å². The van der Waals surface area contributed by atoms with E-state index < -0.39 is 8.56 Å². The highest BCUT2D eigenvalue weighted by molar-refractivity contribution is 6.73. The van der Waals surface area contributed by atoms with Gasteiger partial charge in [0.25, 0.3) is 0 Å². The van der Waals surface area contributed by atoms with Gasteiger partial charge in [-0.05, 0) is 6.42 Å². The molecule has 0 spiro atoms. The summed E-state index contributed by atoms with van der Waals surface area (Å²) >= 11 is 0. The summed E-state index contributed by atoms with van der Waals surface area (Å²) in [6.07, 6.45) is 5.45. The van der Waals surface area contributed by atoms with Crippen molar-refractivity contribution >= 4 is 8.56 Å². The first-order chi connectivity index (χ1) is 8.67. The summed E-state index contributed by atoms with van der Waals surface area (Å²) in [5, 5.41) is 0.0761. The second kappa shape index (κ2) is 4.99. The van der Waals surface area contributed by atoms with Crippen LogP contribution in [-0.4, -0.2) is 34.0 Å². The van der Waals surface area contributed by atoms with Crippen molar-refractivity contribution in [3.63, 3.8) is 0 Å². The molecule has 1 fully saturated rings. The van der Waals surface area contributed by atoms with E-state index in [1.165, 1.54) is 0 Å². The highest BCUT2D eigenvalue weighted by atomic mass is 28.4. The molecule has 0 radical (unpaired) electrons. The normalized spacial score (nSPS) is 31.7. The summed E-state index contributed by atoms with van der Waals surface area (Å²) in [6, 6.07) is 0. The third-order valence-corrected chi connectivity index (χ3v) is 9.16. The summed E-state index contributed by atoms with van der Waals surface area (Å²) in [4.78, 5) is 0. The molecule has 19 heavy (non-hydrogen) atoms. The molecule has 0 N–H and O–H groups in total. The minimum Gasteiger partial charge on any atom is -0.391 e. The number of hydrogen-bond acceptors (Lipinski definition) is 3. The molecule has 0 aromatic heterocycles. The number of fused-ring (bicyclic) bond motifs is 1. The molecule has 2 aliphatic rings. The fourth-order valence-corrected chi connectivity index (χ4v) is 8.24. The third-order valence-electron chi connectivity index (χ3n) is 4.04. The molecule has 4 heteroatoms. The van der Waals surface area contributed by atoms with Gasteiger partial charge in [0.1, 0.15) is 6.10 Å². The Morgan fingerprint density at radius 1 is 1.05 bits per heavy atom. The molecule has 2 atom stereocenters. The first kappa shape index (κ1) is 15.2. The van der Waals surface area contributed by atoms with Crippen molar-refractivity contribution in [3.8, 4) is 0 Å². The molecule has 0 amide bonds. The van der Waals surface area contributed by atoms with Gasteiger partial charge in [0, 0.05) is 10.1 Å². The van der Waals surface area contributed by atoms with Crippen LogP contribution in [0.25, 0.3) is 0 Å². The average molecular weight is 284 g/mol. The van der Waals surface area contributed by atoms with Crippen LogP contribution in [0.1, 0.15) is 48.0 Å². The van der Waals surface area contributed by atoms with E-state index >= 15 is 0 Å². The van der Waals surface area contributed by atoms with E-state index in [9.17, 15) is 0 Å². The van der Waals surface area contributed by atoms with Gasteiger partial charge in [0.2, 0.25) is 0 Å². The maximum absolute atomic E-state index is 6.59. The predicted octanol–water partition coefficient (Wildman–Crippen LogP) is 3.79. The highest BCUT2D eigenvalue weighted by Crippen LogP contribution is 2.54. The van der Waals surface area contributed by atoms with E-state index in [0.29, 0.717) is 6.61 Å². The SMILES string of the molecule is CC(C)(C)[Si]1(C(C)(C)C)OC[C@H]2OCCC=C[C@@H]2O1. The standard InChI is InChI=1S/C15H28O3Si/c1-14(2,3)19(15(4,5)6)17-11-13-12(18-19)9-7-8-10-16-13/h7,9,12-13H,8,10-11H2,1-6H3/t12-,13+/m0/s1. The Labute approximate surface area is 118 Å². The molecule has 0 aromatic rings. The largest absolute Gasteiger partial charge is 0.391 e. The summed E-state index contributed by atoms with van der Waals surface area (Å²) < 4.78 is 18.8. The van der Waals surface area contributed by atoms with Gasteiger partial charge >= 0.3 is 8.56 Å². The van der Waals surface area contributed by atoms with Crippen LogP contribution in [0.3, 0.4) is 0 Å². The van der Waals surface area contributed by atoms with Gasteiger partial charge < -0.3 is 13.6 Å². The van der Waals surface area contributed by atoms with E-state index in [4.69, 9.17) is 13.6 Å². The summed E-state index contributed by atoms with van der Waals surface area (Å²) in [5.41, 5.74) is 0. The smallest absolute Gasteiger partial charge is 0.349 e. The van der Waals surface area contributed by atoms with Gasteiger partial charge in [0.15, 0.2) is 0 Å². The Kier molecular flexibility index (Phi) is 4.00. The molecule has 2 aliphatic heterocycles. The summed E-state index contributed by atoms with van der Waals surface area (Å²) in [7, 11) is -2.35. The van der Waals surface area contributed by atoms with Crippen molar-refractivity contribution in [2.24, 2.45) is 0 Å². The van der Waals surface area contributed by atoms with Gasteiger partial charge in [-0.15, -0.1) is 0 Å². The molecular formula is C15H28O3Si. The minimum atomic E-state index is -2.35. The fraction of sp³-hybridized carbons (Fsp3) is 0.867. The quantitative estimate of drug-likeness (QED) is 0.500. The van der Waals surface area contributed by atoms with Crippen molar-refractivity contribution in [2.75, 3.05) is 13.2 Å². The first-order valence-electron chi connectivity index (χ1n) is 7.27. The van der Waals surface area contributed by atoms with E-state index in [-0.39, 0.29) is 22.3 Å². The lowest BCUT2D eigenvalue weighted by molar-refractivity contribution is -0.0864. The molecule has 110 valence electrons. The second-order valence-electron chi connectivity index (χ2n) is 7.64. The van der Waals surface area contributed by atoms with Crippen molar-refractivity contribution < 1.29 is 13.6 Å². The topological polar surface area (TPSA) is 27.7 Å². The van der Waals surface area contributed by atoms with Gasteiger partial charge in [0.05, 0.1) is 19.3 Å². The zero-order valence-corrected chi connectivity index (χ0v) is 14.2. The number of rotatable bonds is 0. The van der Waals surface area contributed by atoms with Gasteiger partial charge in [-0.2, -0.15) is 0 Å². The molecule has 0 aliphatic carbocycles. The van der Waals surface area contributed by atoms with Gasteiger partial charge in [-0.1, -0.05) is 53.7 Å². The third kappa shape index (κ3) is 2.68. The zero-order valence-electron chi connectivity index (χ0n) is 13.2. The lowest BCUT2D eigenvalue weighted by Crippen LogP contribution is -2.64. The van der Waals surface area contributed by atoms with Crippen LogP contribution in [0.2, 0.25) is 10.1 Å². The maximum Gasteiger partial charge on any atom is 0.349 e. The minimum absolute atomic E-state index is 0.0381. The van der Waals surface area contributed by atoms with Crippen molar-refractivity contribution in [2.45, 2.75) is 70.2 Å². The molecule has 2 rings (SSSR count). The molecule has 3 nitrogen and oxygen atoms in total. The molecule has 0 saturated carbocycles. The Bertz CT molecular complexity index is 337. The average Bonchev–Trinajstić information content (AvgIpc) is 2.49. The maximum atomic E-state index is 6.59. The monoisotopic (exact) mass is 284 g/mol. The van der Waals surface area contributed by atoms with Crippen LogP contribution in [0, 0.1) is 0 Å². The van der Waals surface area contributed by atoms with Crippen LogP contribution >= 0.6 is 0 Å². The van der Waals surface area contributed by atoms with Crippen molar-refractivity contribution in [3.05, 3.63) is 12.2 Å². The fourth-order valence-electron chi connectivity index (χ4n) is 3.33. The van der Waals surface area contributed by atoms with E-state index in [2.05, 4.69) is 53.7 Å². The van der Waals surface area contributed by atoms with Crippen molar-refractivity contribution in [1.29, 1.82) is 0 Å². The van der Waals surface area contributed by atoms with Gasteiger partial charge in [-0.25, -0.2) is 0 Å². The molecule has 0 aromatic carbocycles. The van der Waals surface area contributed by atoms with Crippen LogP contribution < -0.4 is 0 Å². The van der Waals surface area contributed by atoms with E-state index in [1.54, 1.807) is 0 Å². The van der Waals surface area contributed by atoms with E-state index in [1.807, 2.05) is 0 Å². The predicted molar refractivity (Wildman–Crippen MR) is 79.5 cm³/mol. The summed E-state index contributed by atoms with van der Waals surface area (Å²) in [5.74, 6) is 0. The van der Waals surface area contributed by atoms with Crippen LogP contribution in [0.15, 0.2) is 12.2 Å². The Morgan fingerprint density at radius 2 is 1.68 bits per heavy atom. The Morgan fingerprint density at radius 3 is 2.26 bits per heavy atom. The van der Waals surface area contributed by atoms with Crippen LogP contribution in [0.5, 0.6) is 0 Å². The van der Waals surface area contributed by atoms with Crippen molar-refractivity contribution in [1.82, 2.24) is 0 Å². The Balaban J connectivity index is 2.32. The number of hydrogen-bond donors (Lipinski definition) is 0. The Hall–Kier alpha value is -0.163. The molecule has 0 bridgehead atoms. The lowest BCUT2D eigenvalue weighted by atomic mass is 10.2. The van der Waals surface area contributed by atoms with Crippen LogP contribution in [0.4, 0.5) is 0 Å². The molecule has 0 unspecified atom stereocenters. The first-order valence-corrected chi connectivity index (χ1v) is 9.09. The molecular weight excluding hydrogens is 256 g/mol.